The van der Waals surface area contributed by atoms with E-state index in [-0.39, 0.29) is 18.4 Å². The minimum atomic E-state index is -1.05. The van der Waals surface area contributed by atoms with Gasteiger partial charge in [-0.3, -0.25) is 4.79 Å². The number of amides is 2. The van der Waals surface area contributed by atoms with Gasteiger partial charge >= 0.3 is 12.1 Å². The predicted octanol–water partition coefficient (Wildman–Crippen LogP) is 4.31. The Morgan fingerprint density at radius 1 is 0.941 bits per heavy atom. The van der Waals surface area contributed by atoms with E-state index in [1.54, 1.807) is 0 Å². The number of benzene rings is 2. The van der Waals surface area contributed by atoms with E-state index in [1.165, 1.54) is 0 Å². The van der Waals surface area contributed by atoms with Crippen LogP contribution in [0.25, 0.3) is 11.1 Å². The molecule has 0 bridgehead atoms. The highest BCUT2D eigenvalue weighted by Gasteiger charge is 2.33. The second-order valence-electron chi connectivity index (χ2n) is 9.73. The quantitative estimate of drug-likeness (QED) is 0.486. The molecule has 180 valence electrons. The standard InChI is InChI=1S/C27H32N2O5/c1-16(2)13-23(25(30)28-24(26(31)32)14-17-11-12-17)29-27(33)34-15-22-20-9-5-3-7-18(20)19-8-4-6-10-21(19)22/h3-10,16-17,22-24H,11-15H2,1-2H3,(H,28,30)(H,29,33)(H,31,32)/t23-,24+/m1/s1. The number of carbonyl (C=O) groups is 3. The Balaban J connectivity index is 1.39. The summed E-state index contributed by atoms with van der Waals surface area (Å²) >= 11 is 0. The lowest BCUT2D eigenvalue weighted by molar-refractivity contribution is -0.142. The number of fused-ring (bicyclic) bond motifs is 3. The molecule has 4 rings (SSSR count). The maximum absolute atomic E-state index is 12.9. The summed E-state index contributed by atoms with van der Waals surface area (Å²) < 4.78 is 5.58. The van der Waals surface area contributed by atoms with Gasteiger partial charge in [-0.05, 0) is 46.9 Å². The van der Waals surface area contributed by atoms with Crippen molar-refractivity contribution in [3.63, 3.8) is 0 Å². The molecular formula is C27H32N2O5. The molecule has 0 spiro atoms. The van der Waals surface area contributed by atoms with Crippen molar-refractivity contribution < 1.29 is 24.2 Å². The Kier molecular flexibility index (Phi) is 7.20. The van der Waals surface area contributed by atoms with Crippen LogP contribution in [0.1, 0.15) is 56.6 Å². The van der Waals surface area contributed by atoms with Crippen LogP contribution in [0.5, 0.6) is 0 Å². The van der Waals surface area contributed by atoms with Crippen molar-refractivity contribution in [1.29, 1.82) is 0 Å². The van der Waals surface area contributed by atoms with E-state index in [2.05, 4.69) is 22.8 Å². The van der Waals surface area contributed by atoms with E-state index < -0.39 is 30.1 Å². The Morgan fingerprint density at radius 2 is 1.53 bits per heavy atom. The van der Waals surface area contributed by atoms with Crippen LogP contribution in [0.15, 0.2) is 48.5 Å². The highest BCUT2D eigenvalue weighted by atomic mass is 16.5. The van der Waals surface area contributed by atoms with Crippen LogP contribution in [0.3, 0.4) is 0 Å². The number of ether oxygens (including phenoxy) is 1. The highest BCUT2D eigenvalue weighted by molar-refractivity contribution is 5.89. The monoisotopic (exact) mass is 464 g/mol. The molecule has 34 heavy (non-hydrogen) atoms. The lowest BCUT2D eigenvalue weighted by atomic mass is 9.98. The highest BCUT2D eigenvalue weighted by Crippen LogP contribution is 2.44. The van der Waals surface area contributed by atoms with Gasteiger partial charge in [-0.15, -0.1) is 0 Å². The Bertz CT molecular complexity index is 1020. The molecule has 2 amide bonds. The van der Waals surface area contributed by atoms with Gasteiger partial charge in [0.25, 0.3) is 0 Å². The molecule has 0 radical (unpaired) electrons. The maximum atomic E-state index is 12.9. The number of nitrogens with one attached hydrogen (secondary N) is 2. The van der Waals surface area contributed by atoms with Crippen LogP contribution in [-0.4, -0.2) is 41.8 Å². The van der Waals surface area contributed by atoms with Crippen LogP contribution in [-0.2, 0) is 14.3 Å². The SMILES string of the molecule is CC(C)C[C@@H](NC(=O)OCC1c2ccccc2-c2ccccc21)C(=O)N[C@@H](CC1CC1)C(=O)O. The zero-order valence-corrected chi connectivity index (χ0v) is 19.6. The molecule has 2 atom stereocenters. The Morgan fingerprint density at radius 3 is 2.06 bits per heavy atom. The third-order valence-electron chi connectivity index (χ3n) is 6.54. The molecule has 2 aliphatic rings. The molecule has 0 heterocycles. The second-order valence-corrected chi connectivity index (χ2v) is 9.73. The maximum Gasteiger partial charge on any atom is 0.407 e. The molecule has 2 aliphatic carbocycles. The van der Waals surface area contributed by atoms with Gasteiger partial charge in [0.2, 0.25) is 5.91 Å². The first-order valence-corrected chi connectivity index (χ1v) is 12.0. The minimum absolute atomic E-state index is 0.0783. The number of carbonyl (C=O) groups excluding carboxylic acids is 2. The molecule has 0 aliphatic heterocycles. The summed E-state index contributed by atoms with van der Waals surface area (Å²) in [6, 6.07) is 14.3. The van der Waals surface area contributed by atoms with Crippen LogP contribution in [0.4, 0.5) is 4.79 Å². The molecule has 0 unspecified atom stereocenters. The lowest BCUT2D eigenvalue weighted by Gasteiger charge is -2.23. The molecule has 3 N–H and O–H groups in total. The zero-order chi connectivity index (χ0) is 24.2. The molecule has 0 saturated heterocycles. The Hall–Kier alpha value is -3.35. The molecule has 2 aromatic rings. The number of aliphatic carboxylic acids is 1. The first kappa shape index (κ1) is 23.8. The van der Waals surface area contributed by atoms with E-state index in [0.29, 0.717) is 18.8 Å². The topological polar surface area (TPSA) is 105 Å². The fraction of sp³-hybridized carbons (Fsp3) is 0.444. The number of hydrogen-bond donors (Lipinski definition) is 3. The average Bonchev–Trinajstić information content (AvgIpc) is 3.57. The van der Waals surface area contributed by atoms with Crippen molar-refractivity contribution in [1.82, 2.24) is 10.6 Å². The van der Waals surface area contributed by atoms with Crippen molar-refractivity contribution in [3.8, 4) is 11.1 Å². The number of carboxylic acids is 1. The van der Waals surface area contributed by atoms with E-state index in [4.69, 9.17) is 4.74 Å². The van der Waals surface area contributed by atoms with E-state index >= 15 is 0 Å². The number of alkyl carbamates (subject to hydrolysis) is 1. The van der Waals surface area contributed by atoms with Crippen molar-refractivity contribution in [2.45, 2.75) is 57.5 Å². The lowest BCUT2D eigenvalue weighted by Crippen LogP contribution is -2.52. The number of carboxylic acid groups (broad SMARTS) is 1. The molecule has 1 fully saturated rings. The fourth-order valence-corrected chi connectivity index (χ4v) is 4.67. The second kappa shape index (κ2) is 10.3. The van der Waals surface area contributed by atoms with Gasteiger partial charge < -0.3 is 20.5 Å². The van der Waals surface area contributed by atoms with Crippen LogP contribution >= 0.6 is 0 Å². The van der Waals surface area contributed by atoms with Crippen LogP contribution < -0.4 is 10.6 Å². The van der Waals surface area contributed by atoms with Crippen molar-refractivity contribution >= 4 is 18.0 Å². The van der Waals surface area contributed by atoms with E-state index in [1.807, 2.05) is 50.2 Å². The summed E-state index contributed by atoms with van der Waals surface area (Å²) in [7, 11) is 0. The largest absolute Gasteiger partial charge is 0.480 e. The van der Waals surface area contributed by atoms with Crippen LogP contribution in [0, 0.1) is 11.8 Å². The third kappa shape index (κ3) is 5.58. The summed E-state index contributed by atoms with van der Waals surface area (Å²) in [6.45, 7) is 4.03. The normalized spacial score (nSPS) is 16.3. The Labute approximate surface area is 199 Å². The number of hydrogen-bond acceptors (Lipinski definition) is 4. The predicted molar refractivity (Wildman–Crippen MR) is 128 cm³/mol. The summed E-state index contributed by atoms with van der Waals surface area (Å²) in [5, 5.41) is 14.8. The van der Waals surface area contributed by atoms with Crippen molar-refractivity contribution in [3.05, 3.63) is 59.7 Å². The first-order valence-electron chi connectivity index (χ1n) is 12.0. The van der Waals surface area contributed by atoms with Gasteiger partial charge in [-0.2, -0.15) is 0 Å². The van der Waals surface area contributed by atoms with Gasteiger partial charge in [0, 0.05) is 5.92 Å². The summed E-state index contributed by atoms with van der Waals surface area (Å²) in [4.78, 5) is 37.2. The molecule has 7 nitrogen and oxygen atoms in total. The van der Waals surface area contributed by atoms with Crippen molar-refractivity contribution in [2.75, 3.05) is 6.61 Å². The third-order valence-corrected chi connectivity index (χ3v) is 6.54. The van der Waals surface area contributed by atoms with Gasteiger partial charge in [0.1, 0.15) is 18.7 Å². The molecule has 1 saturated carbocycles. The molecular weight excluding hydrogens is 432 g/mol. The smallest absolute Gasteiger partial charge is 0.407 e. The molecule has 0 aromatic heterocycles. The fourth-order valence-electron chi connectivity index (χ4n) is 4.67. The summed E-state index contributed by atoms with van der Waals surface area (Å²) in [5.41, 5.74) is 4.49. The van der Waals surface area contributed by atoms with Crippen LogP contribution in [0.2, 0.25) is 0 Å². The average molecular weight is 465 g/mol. The zero-order valence-electron chi connectivity index (χ0n) is 19.6. The molecule has 2 aromatic carbocycles. The summed E-state index contributed by atoms with van der Waals surface area (Å²) in [5.74, 6) is -1.15. The van der Waals surface area contributed by atoms with Gasteiger partial charge in [-0.25, -0.2) is 9.59 Å². The van der Waals surface area contributed by atoms with E-state index in [0.717, 1.165) is 35.1 Å². The summed E-state index contributed by atoms with van der Waals surface area (Å²) in [6.07, 6.45) is 2.10. The van der Waals surface area contributed by atoms with E-state index in [9.17, 15) is 19.5 Å². The number of rotatable bonds is 10. The van der Waals surface area contributed by atoms with Crippen molar-refractivity contribution in [2.24, 2.45) is 11.8 Å². The van der Waals surface area contributed by atoms with Gasteiger partial charge in [0.15, 0.2) is 0 Å². The molecule has 7 heteroatoms. The first-order chi connectivity index (χ1) is 16.3. The minimum Gasteiger partial charge on any atom is -0.480 e. The van der Waals surface area contributed by atoms with Gasteiger partial charge in [-0.1, -0.05) is 75.2 Å². The van der Waals surface area contributed by atoms with Gasteiger partial charge in [0.05, 0.1) is 0 Å².